The molecule has 108 valence electrons. The zero-order valence-electron chi connectivity index (χ0n) is 11.6. The van der Waals surface area contributed by atoms with Crippen molar-refractivity contribution in [3.63, 3.8) is 0 Å². The molecule has 2 fully saturated rings. The number of carboxylic acid groups (broad SMARTS) is 1. The summed E-state index contributed by atoms with van der Waals surface area (Å²) in [6.45, 7) is 5.19. The fraction of sp³-hybridized carbons (Fsp3) is 0.846. The van der Waals surface area contributed by atoms with Crippen LogP contribution in [-0.4, -0.2) is 63.8 Å². The van der Waals surface area contributed by atoms with E-state index in [9.17, 15) is 19.8 Å². The lowest BCUT2D eigenvalue weighted by Gasteiger charge is -2.27. The highest BCUT2D eigenvalue weighted by atomic mass is 16.4. The average Bonchev–Trinajstić information content (AvgIpc) is 2.92. The van der Waals surface area contributed by atoms with Gasteiger partial charge in [0.05, 0.1) is 17.6 Å². The third kappa shape index (κ3) is 2.54. The van der Waals surface area contributed by atoms with Gasteiger partial charge in [-0.1, -0.05) is 6.92 Å². The second-order valence-electron chi connectivity index (χ2n) is 6.06. The Hall–Kier alpha value is -1.30. The molecule has 0 aromatic carbocycles. The second kappa shape index (κ2) is 4.67. The first-order valence-corrected chi connectivity index (χ1v) is 6.79. The molecule has 2 N–H and O–H groups in total. The molecule has 19 heavy (non-hydrogen) atoms. The van der Waals surface area contributed by atoms with Crippen LogP contribution in [0, 0.1) is 5.41 Å². The summed E-state index contributed by atoms with van der Waals surface area (Å²) in [5, 5.41) is 19.2. The van der Waals surface area contributed by atoms with Crippen molar-refractivity contribution in [2.45, 2.75) is 38.7 Å². The first kappa shape index (κ1) is 14.1. The molecule has 0 spiro atoms. The maximum absolute atomic E-state index is 12.3. The number of hydrogen-bond donors (Lipinski definition) is 2. The second-order valence-corrected chi connectivity index (χ2v) is 6.06. The molecule has 0 saturated carbocycles. The molecule has 2 amide bonds. The molecule has 6 heteroatoms. The minimum atomic E-state index is -0.821. The molecule has 0 aliphatic carbocycles. The van der Waals surface area contributed by atoms with Gasteiger partial charge >= 0.3 is 12.0 Å². The lowest BCUT2D eigenvalue weighted by molar-refractivity contribution is -0.148. The normalized spacial score (nSPS) is 34.9. The zero-order chi connectivity index (χ0) is 14.3. The molecular weight excluding hydrogens is 248 g/mol. The van der Waals surface area contributed by atoms with Crippen LogP contribution in [0.15, 0.2) is 0 Å². The highest BCUT2D eigenvalue weighted by molar-refractivity contribution is 5.80. The highest BCUT2D eigenvalue weighted by Gasteiger charge is 2.46. The number of likely N-dealkylation sites (tertiary alicyclic amines) is 2. The van der Waals surface area contributed by atoms with Gasteiger partial charge in [0.25, 0.3) is 0 Å². The van der Waals surface area contributed by atoms with Gasteiger partial charge in [-0.05, 0) is 26.2 Å². The van der Waals surface area contributed by atoms with Crippen LogP contribution in [0.2, 0.25) is 0 Å². The Kier molecular flexibility index (Phi) is 3.47. The summed E-state index contributed by atoms with van der Waals surface area (Å²) in [5.41, 5.74) is -1.61. The molecule has 2 saturated heterocycles. The lowest BCUT2D eigenvalue weighted by atomic mass is 9.84. The number of rotatable bonds is 2. The Balaban J connectivity index is 2.01. The van der Waals surface area contributed by atoms with Gasteiger partial charge in [0.1, 0.15) is 0 Å². The van der Waals surface area contributed by atoms with Crippen LogP contribution >= 0.6 is 0 Å². The van der Waals surface area contributed by atoms with Gasteiger partial charge in [-0.3, -0.25) is 4.79 Å². The molecule has 0 aromatic rings. The molecule has 2 aliphatic heterocycles. The Morgan fingerprint density at radius 1 is 1.16 bits per heavy atom. The van der Waals surface area contributed by atoms with Crippen molar-refractivity contribution in [3.05, 3.63) is 0 Å². The van der Waals surface area contributed by atoms with Gasteiger partial charge in [0.15, 0.2) is 0 Å². The monoisotopic (exact) mass is 270 g/mol. The van der Waals surface area contributed by atoms with Crippen LogP contribution in [0.1, 0.15) is 33.1 Å². The van der Waals surface area contributed by atoms with Crippen LogP contribution in [0.3, 0.4) is 0 Å². The summed E-state index contributed by atoms with van der Waals surface area (Å²) in [7, 11) is 0. The number of carbonyl (C=O) groups is 2. The van der Waals surface area contributed by atoms with Crippen molar-refractivity contribution in [2.24, 2.45) is 5.41 Å². The number of aliphatic hydroxyl groups is 1. The fourth-order valence-corrected chi connectivity index (χ4v) is 2.96. The Morgan fingerprint density at radius 2 is 1.74 bits per heavy atom. The van der Waals surface area contributed by atoms with Gasteiger partial charge in [-0.15, -0.1) is 0 Å². The first-order valence-electron chi connectivity index (χ1n) is 6.79. The van der Waals surface area contributed by atoms with E-state index in [0.29, 0.717) is 38.9 Å². The zero-order valence-corrected chi connectivity index (χ0v) is 11.6. The summed E-state index contributed by atoms with van der Waals surface area (Å²) < 4.78 is 0. The highest BCUT2D eigenvalue weighted by Crippen LogP contribution is 2.35. The number of urea groups is 1. The first-order chi connectivity index (χ1) is 8.80. The van der Waals surface area contributed by atoms with Crippen LogP contribution in [0.5, 0.6) is 0 Å². The summed E-state index contributed by atoms with van der Waals surface area (Å²) in [6.07, 6.45) is 1.61. The number of β-amino-alcohol motifs (C(OH)–C–C–N with tert-alkyl or cyclic N) is 1. The number of carbonyl (C=O) groups excluding carboxylic acids is 1. The molecule has 2 heterocycles. The van der Waals surface area contributed by atoms with E-state index in [1.165, 1.54) is 0 Å². The van der Waals surface area contributed by atoms with Gasteiger partial charge in [-0.25, -0.2) is 4.79 Å². The average molecular weight is 270 g/mol. The van der Waals surface area contributed by atoms with Crippen molar-refractivity contribution in [3.8, 4) is 0 Å². The Bertz CT molecular complexity index is 396. The number of carboxylic acids is 1. The number of amides is 2. The minimum absolute atomic E-state index is 0.144. The Labute approximate surface area is 113 Å². The maximum atomic E-state index is 12.3. The van der Waals surface area contributed by atoms with Crippen LogP contribution in [-0.2, 0) is 4.79 Å². The smallest absolute Gasteiger partial charge is 0.320 e. The predicted octanol–water partition coefficient (Wildman–Crippen LogP) is 0.750. The largest absolute Gasteiger partial charge is 0.481 e. The van der Waals surface area contributed by atoms with E-state index < -0.39 is 17.0 Å². The van der Waals surface area contributed by atoms with Crippen molar-refractivity contribution in [1.29, 1.82) is 0 Å². The molecule has 2 atom stereocenters. The van der Waals surface area contributed by atoms with E-state index in [-0.39, 0.29) is 12.6 Å². The topological polar surface area (TPSA) is 81.1 Å². The van der Waals surface area contributed by atoms with Crippen molar-refractivity contribution >= 4 is 12.0 Å². The van der Waals surface area contributed by atoms with Crippen molar-refractivity contribution < 1.29 is 19.8 Å². The molecule has 2 rings (SSSR count). The summed E-state index contributed by atoms with van der Waals surface area (Å²) in [5.74, 6) is -0.821. The number of aliphatic carboxylic acids is 1. The molecular formula is C13H22N2O4. The summed E-state index contributed by atoms with van der Waals surface area (Å²) in [4.78, 5) is 26.9. The third-order valence-corrected chi connectivity index (χ3v) is 4.48. The molecule has 2 unspecified atom stereocenters. The SMILES string of the molecule is CCC1(C(=O)O)CCN(C(=O)N2CCC(C)(O)C2)C1. The van der Waals surface area contributed by atoms with E-state index in [1.54, 1.807) is 16.7 Å². The van der Waals surface area contributed by atoms with E-state index in [0.717, 1.165) is 0 Å². The van der Waals surface area contributed by atoms with Gasteiger partial charge < -0.3 is 20.0 Å². The Morgan fingerprint density at radius 3 is 2.16 bits per heavy atom. The number of nitrogens with zero attached hydrogens (tertiary/aromatic N) is 2. The quantitative estimate of drug-likeness (QED) is 0.776. The third-order valence-electron chi connectivity index (χ3n) is 4.48. The number of hydrogen-bond acceptors (Lipinski definition) is 3. The molecule has 2 aliphatic rings. The van der Waals surface area contributed by atoms with Gasteiger partial charge in [-0.2, -0.15) is 0 Å². The van der Waals surface area contributed by atoms with Gasteiger partial charge in [0, 0.05) is 19.6 Å². The minimum Gasteiger partial charge on any atom is -0.481 e. The summed E-state index contributed by atoms with van der Waals surface area (Å²) in [6, 6.07) is -0.144. The van der Waals surface area contributed by atoms with Crippen molar-refractivity contribution in [2.75, 3.05) is 26.2 Å². The maximum Gasteiger partial charge on any atom is 0.320 e. The molecule has 0 radical (unpaired) electrons. The van der Waals surface area contributed by atoms with Crippen LogP contribution in [0.25, 0.3) is 0 Å². The summed E-state index contributed by atoms with van der Waals surface area (Å²) >= 11 is 0. The van der Waals surface area contributed by atoms with Crippen LogP contribution in [0.4, 0.5) is 4.79 Å². The molecule has 6 nitrogen and oxygen atoms in total. The van der Waals surface area contributed by atoms with E-state index in [2.05, 4.69) is 0 Å². The fourth-order valence-electron chi connectivity index (χ4n) is 2.96. The van der Waals surface area contributed by atoms with E-state index in [4.69, 9.17) is 0 Å². The van der Waals surface area contributed by atoms with E-state index >= 15 is 0 Å². The predicted molar refractivity (Wildman–Crippen MR) is 68.8 cm³/mol. The van der Waals surface area contributed by atoms with E-state index in [1.807, 2.05) is 6.92 Å². The molecule has 0 bridgehead atoms. The van der Waals surface area contributed by atoms with Crippen molar-refractivity contribution in [1.82, 2.24) is 9.80 Å². The lowest BCUT2D eigenvalue weighted by Crippen LogP contribution is -2.44. The molecule has 0 aromatic heterocycles. The van der Waals surface area contributed by atoms with Gasteiger partial charge in [0.2, 0.25) is 0 Å². The van der Waals surface area contributed by atoms with Crippen LogP contribution < -0.4 is 0 Å². The standard InChI is InChI=1S/C13H22N2O4/c1-3-13(10(16)17)5-7-15(9-13)11(18)14-6-4-12(2,19)8-14/h19H,3-9H2,1-2H3,(H,16,17).